The highest BCUT2D eigenvalue weighted by Crippen LogP contribution is 2.60. The van der Waals surface area contributed by atoms with E-state index in [-0.39, 0.29) is 0 Å². The fraction of sp³-hybridized carbons (Fsp3) is 0.125. The molecule has 8 aromatic carbocycles. The molecule has 0 saturated carbocycles. The molecular formula is C32H16. The Hall–Kier alpha value is -3.64. The molecule has 0 heteroatoms. The maximum absolute atomic E-state index is 2.58. The van der Waals surface area contributed by atoms with Crippen molar-refractivity contribution in [2.24, 2.45) is 0 Å². The Morgan fingerprint density at radius 2 is 0.875 bits per heavy atom. The van der Waals surface area contributed by atoms with Crippen molar-refractivity contribution in [1.29, 1.82) is 0 Å². The Kier molecular flexibility index (Phi) is 1.83. The van der Waals surface area contributed by atoms with E-state index < -0.39 is 0 Å². The monoisotopic (exact) mass is 400 g/mol. The molecule has 8 aromatic rings. The number of benzene rings is 7. The van der Waals surface area contributed by atoms with Gasteiger partial charge in [0.15, 0.2) is 0 Å². The number of rotatable bonds is 0. The van der Waals surface area contributed by atoms with Crippen LogP contribution in [0, 0.1) is 0 Å². The van der Waals surface area contributed by atoms with Gasteiger partial charge in [-0.15, -0.1) is 0 Å². The molecule has 0 aliphatic heterocycles. The van der Waals surface area contributed by atoms with Crippen LogP contribution < -0.4 is 0 Å². The van der Waals surface area contributed by atoms with Crippen LogP contribution in [-0.4, -0.2) is 0 Å². The van der Waals surface area contributed by atoms with Crippen LogP contribution in [0.15, 0.2) is 48.5 Å². The Balaban J connectivity index is 1.70. The maximum atomic E-state index is 2.58. The molecule has 3 aliphatic carbocycles. The maximum Gasteiger partial charge on any atom is -0.000397 e. The van der Waals surface area contributed by atoms with Crippen molar-refractivity contribution in [3.05, 3.63) is 81.9 Å². The van der Waals surface area contributed by atoms with E-state index in [0.29, 0.717) is 0 Å². The lowest BCUT2D eigenvalue weighted by molar-refractivity contribution is 1.03. The van der Waals surface area contributed by atoms with E-state index >= 15 is 0 Å². The van der Waals surface area contributed by atoms with Crippen LogP contribution in [0.3, 0.4) is 0 Å². The SMILES string of the molecule is c1cc2c3c(c1)c1cc4c5c(cc6c7cccc8c7c7c(c(c3c3c1c5c6c73)C2)C8)CC4. The predicted molar refractivity (Wildman–Crippen MR) is 136 cm³/mol. The minimum absolute atomic E-state index is 1.11. The van der Waals surface area contributed by atoms with E-state index in [9.17, 15) is 0 Å². The first-order valence-corrected chi connectivity index (χ1v) is 12.0. The lowest BCUT2D eigenvalue weighted by atomic mass is 9.90. The van der Waals surface area contributed by atoms with Crippen molar-refractivity contribution >= 4 is 75.4 Å². The Morgan fingerprint density at radius 3 is 1.41 bits per heavy atom. The minimum atomic E-state index is 1.11. The van der Waals surface area contributed by atoms with E-state index in [1.807, 2.05) is 0 Å². The quantitative estimate of drug-likeness (QED) is 0.226. The zero-order valence-corrected chi connectivity index (χ0v) is 17.4. The zero-order chi connectivity index (χ0) is 20.0. The van der Waals surface area contributed by atoms with Crippen molar-refractivity contribution in [3.8, 4) is 0 Å². The Labute approximate surface area is 183 Å². The molecule has 0 unspecified atom stereocenters. The molecule has 32 heavy (non-hydrogen) atoms. The summed E-state index contributed by atoms with van der Waals surface area (Å²) in [6, 6.07) is 19.3. The molecule has 3 aliphatic rings. The fourth-order valence-corrected chi connectivity index (χ4v) is 8.63. The van der Waals surface area contributed by atoms with Gasteiger partial charge in [0.1, 0.15) is 0 Å². The number of hydrogen-bond donors (Lipinski definition) is 0. The van der Waals surface area contributed by atoms with Crippen molar-refractivity contribution in [2.75, 3.05) is 0 Å². The first-order valence-electron chi connectivity index (χ1n) is 12.0. The van der Waals surface area contributed by atoms with Gasteiger partial charge in [-0.05, 0) is 147 Å². The third kappa shape index (κ3) is 1.15. The van der Waals surface area contributed by atoms with Crippen LogP contribution in [0.25, 0.3) is 75.4 Å². The summed E-state index contributed by atoms with van der Waals surface area (Å²) in [5.74, 6) is 0. The molecule has 0 aromatic heterocycles. The molecule has 0 amide bonds. The highest BCUT2D eigenvalue weighted by atomic mass is 14.4. The van der Waals surface area contributed by atoms with Gasteiger partial charge in [0.2, 0.25) is 0 Å². The molecule has 0 heterocycles. The van der Waals surface area contributed by atoms with Crippen molar-refractivity contribution in [1.82, 2.24) is 0 Å². The third-order valence-corrected chi connectivity index (χ3v) is 9.57. The summed E-state index contributed by atoms with van der Waals surface area (Å²) >= 11 is 0. The van der Waals surface area contributed by atoms with E-state index in [1.165, 1.54) is 34.4 Å². The molecule has 0 atom stereocenters. The zero-order valence-electron chi connectivity index (χ0n) is 17.4. The average molecular weight is 400 g/mol. The van der Waals surface area contributed by atoms with Crippen molar-refractivity contribution in [3.63, 3.8) is 0 Å². The third-order valence-electron chi connectivity index (χ3n) is 9.57. The molecule has 0 radical (unpaired) electrons. The Morgan fingerprint density at radius 1 is 0.375 bits per heavy atom. The largest absolute Gasteiger partial charge is 0.0613 e. The van der Waals surface area contributed by atoms with Crippen LogP contribution in [0.2, 0.25) is 0 Å². The highest BCUT2D eigenvalue weighted by Gasteiger charge is 2.35. The van der Waals surface area contributed by atoms with Gasteiger partial charge in [-0.3, -0.25) is 0 Å². The van der Waals surface area contributed by atoms with Gasteiger partial charge in [0.05, 0.1) is 0 Å². The second kappa shape index (κ2) is 4.07. The second-order valence-corrected chi connectivity index (χ2v) is 10.7. The summed E-state index contributed by atoms with van der Waals surface area (Å²) in [6.07, 6.45) is 4.60. The van der Waals surface area contributed by atoms with Crippen molar-refractivity contribution in [2.45, 2.75) is 25.7 Å². The lowest BCUT2D eigenvalue weighted by Gasteiger charge is -2.13. The molecular weight excluding hydrogens is 384 g/mol. The van der Waals surface area contributed by atoms with E-state index in [4.69, 9.17) is 0 Å². The molecule has 0 nitrogen and oxygen atoms in total. The topological polar surface area (TPSA) is 0 Å². The van der Waals surface area contributed by atoms with Gasteiger partial charge in [0, 0.05) is 0 Å². The van der Waals surface area contributed by atoms with E-state index in [1.54, 1.807) is 87.2 Å². The van der Waals surface area contributed by atoms with Gasteiger partial charge < -0.3 is 0 Å². The minimum Gasteiger partial charge on any atom is -0.0613 e. The summed E-state index contributed by atoms with van der Waals surface area (Å²) in [7, 11) is 0. The summed E-state index contributed by atoms with van der Waals surface area (Å²) < 4.78 is 0. The first kappa shape index (κ1) is 14.4. The van der Waals surface area contributed by atoms with Gasteiger partial charge >= 0.3 is 0 Å². The molecule has 11 rings (SSSR count). The predicted octanol–water partition coefficient (Wildman–Crippen LogP) is 7.98. The smallest absolute Gasteiger partial charge is 0.000397 e. The van der Waals surface area contributed by atoms with Crippen LogP contribution in [0.4, 0.5) is 0 Å². The number of fused-ring (bicyclic) bond motifs is 3. The highest BCUT2D eigenvalue weighted by molar-refractivity contribution is 6.53. The fourth-order valence-electron chi connectivity index (χ4n) is 8.63. The summed E-state index contributed by atoms with van der Waals surface area (Å²) in [5, 5.41) is 21.9. The second-order valence-electron chi connectivity index (χ2n) is 10.7. The van der Waals surface area contributed by atoms with E-state index in [2.05, 4.69) is 48.5 Å². The Bertz CT molecular complexity index is 2070. The number of aryl methyl sites for hydroxylation is 2. The van der Waals surface area contributed by atoms with Gasteiger partial charge in [-0.2, -0.15) is 0 Å². The van der Waals surface area contributed by atoms with Gasteiger partial charge in [-0.1, -0.05) is 36.4 Å². The van der Waals surface area contributed by atoms with E-state index in [0.717, 1.165) is 12.8 Å². The molecule has 0 spiro atoms. The summed E-state index contributed by atoms with van der Waals surface area (Å²) in [4.78, 5) is 0. The first-order chi connectivity index (χ1) is 15.9. The molecule has 144 valence electrons. The lowest BCUT2D eigenvalue weighted by Crippen LogP contribution is -1.91. The summed E-state index contributed by atoms with van der Waals surface area (Å²) in [5.41, 5.74) is 9.53. The summed E-state index contributed by atoms with van der Waals surface area (Å²) in [6.45, 7) is 0. The average Bonchev–Trinajstić information content (AvgIpc) is 3.56. The van der Waals surface area contributed by atoms with Gasteiger partial charge in [-0.25, -0.2) is 0 Å². The molecule has 0 fully saturated rings. The van der Waals surface area contributed by atoms with Crippen LogP contribution in [0.5, 0.6) is 0 Å². The normalized spacial score (nSPS) is 16.2. The molecule has 0 bridgehead atoms. The van der Waals surface area contributed by atoms with Crippen LogP contribution >= 0.6 is 0 Å². The van der Waals surface area contributed by atoms with Gasteiger partial charge in [0.25, 0.3) is 0 Å². The van der Waals surface area contributed by atoms with Crippen LogP contribution in [0.1, 0.15) is 33.4 Å². The molecule has 0 saturated heterocycles. The standard InChI is InChI=1S/C32H16/c1-3-13-9-21-22-10-14-4-2-6-18-20-12-16-8-7-15-11-19-17(5-1)24(13)26(21)31-28(19)30(23(15)16)29(20)32(31)27(22)25(14)18/h1-6,11-12H,7-10H2. The van der Waals surface area contributed by atoms with Crippen LogP contribution in [-0.2, 0) is 25.7 Å². The molecule has 0 N–H and O–H groups in total. The van der Waals surface area contributed by atoms with Crippen molar-refractivity contribution < 1.29 is 0 Å². The number of hydrogen-bond acceptors (Lipinski definition) is 0.